The highest BCUT2D eigenvalue weighted by Crippen LogP contribution is 2.15. The van der Waals surface area contributed by atoms with Gasteiger partial charge in [-0.15, -0.1) is 0 Å². The second-order valence-electron chi connectivity index (χ2n) is 5.60. The third-order valence-electron chi connectivity index (χ3n) is 4.07. The minimum atomic E-state index is 0.739. The molecule has 0 bridgehead atoms. The third kappa shape index (κ3) is 4.84. The zero-order valence-electron chi connectivity index (χ0n) is 11.6. The molecular formula is C14H30N2. The molecule has 1 rings (SSSR count). The Balaban J connectivity index is 2.27. The number of nitrogens with zero attached hydrogens (tertiary/aromatic N) is 1. The molecule has 1 fully saturated rings. The third-order valence-corrected chi connectivity index (χ3v) is 4.07. The van der Waals surface area contributed by atoms with Crippen molar-refractivity contribution in [2.24, 2.45) is 5.92 Å². The van der Waals surface area contributed by atoms with E-state index in [0.717, 1.165) is 18.0 Å². The molecule has 0 aromatic rings. The van der Waals surface area contributed by atoms with Crippen LogP contribution >= 0.6 is 0 Å². The normalized spacial score (nSPS) is 23.2. The molecular weight excluding hydrogens is 196 g/mol. The molecule has 0 amide bonds. The lowest BCUT2D eigenvalue weighted by Crippen LogP contribution is -2.45. The van der Waals surface area contributed by atoms with Gasteiger partial charge in [0.15, 0.2) is 0 Å². The van der Waals surface area contributed by atoms with Crippen LogP contribution in [0.5, 0.6) is 0 Å². The van der Waals surface area contributed by atoms with Crippen LogP contribution in [0.25, 0.3) is 0 Å². The minimum absolute atomic E-state index is 0.739. The van der Waals surface area contributed by atoms with Gasteiger partial charge in [0.1, 0.15) is 0 Å². The topological polar surface area (TPSA) is 15.3 Å². The zero-order chi connectivity index (χ0) is 12.0. The van der Waals surface area contributed by atoms with Gasteiger partial charge in [-0.3, -0.25) is 0 Å². The lowest BCUT2D eigenvalue weighted by atomic mass is 9.95. The number of hydrogen-bond donors (Lipinski definition) is 1. The summed E-state index contributed by atoms with van der Waals surface area (Å²) in [5.41, 5.74) is 0. The number of piperidine rings is 1. The van der Waals surface area contributed by atoms with Crippen LogP contribution in [0.4, 0.5) is 0 Å². The molecule has 0 radical (unpaired) electrons. The summed E-state index contributed by atoms with van der Waals surface area (Å²) < 4.78 is 0. The van der Waals surface area contributed by atoms with Gasteiger partial charge in [-0.1, -0.05) is 27.2 Å². The van der Waals surface area contributed by atoms with Gasteiger partial charge in [0.25, 0.3) is 0 Å². The highest BCUT2D eigenvalue weighted by atomic mass is 15.1. The molecule has 1 aliphatic heterocycles. The summed E-state index contributed by atoms with van der Waals surface area (Å²) in [5.74, 6) is 0.865. The van der Waals surface area contributed by atoms with Crippen molar-refractivity contribution < 1.29 is 0 Å². The molecule has 1 heterocycles. The Morgan fingerprint density at radius 3 is 2.31 bits per heavy atom. The summed E-state index contributed by atoms with van der Waals surface area (Å²) >= 11 is 0. The maximum absolute atomic E-state index is 3.86. The molecule has 2 heteroatoms. The summed E-state index contributed by atoms with van der Waals surface area (Å²) in [7, 11) is 2.23. The monoisotopic (exact) mass is 226 g/mol. The molecule has 1 saturated heterocycles. The maximum Gasteiger partial charge on any atom is 0.00939 e. The largest absolute Gasteiger partial charge is 0.311 e. The predicted molar refractivity (Wildman–Crippen MR) is 71.8 cm³/mol. The molecule has 0 spiro atoms. The Labute approximate surface area is 102 Å². The summed E-state index contributed by atoms with van der Waals surface area (Å²) in [4.78, 5) is 2.44. The Hall–Kier alpha value is -0.0800. The van der Waals surface area contributed by atoms with Crippen molar-refractivity contribution in [3.05, 3.63) is 0 Å². The summed E-state index contributed by atoms with van der Waals surface area (Å²) in [5, 5.41) is 3.86. The molecule has 2 nitrogen and oxygen atoms in total. The second kappa shape index (κ2) is 7.29. The van der Waals surface area contributed by atoms with Gasteiger partial charge < -0.3 is 10.2 Å². The molecule has 1 N–H and O–H groups in total. The van der Waals surface area contributed by atoms with Crippen molar-refractivity contribution in [2.45, 2.75) is 65.0 Å². The van der Waals surface area contributed by atoms with Crippen LogP contribution in [0.15, 0.2) is 0 Å². The second-order valence-corrected chi connectivity index (χ2v) is 5.60. The zero-order valence-corrected chi connectivity index (χ0v) is 11.6. The van der Waals surface area contributed by atoms with Crippen LogP contribution in [0.1, 0.15) is 52.9 Å². The van der Waals surface area contributed by atoms with E-state index < -0.39 is 0 Å². The van der Waals surface area contributed by atoms with Crippen molar-refractivity contribution in [1.29, 1.82) is 0 Å². The molecule has 0 saturated carbocycles. The maximum atomic E-state index is 3.86. The SMILES string of the molecule is CCC(C)CC(CC)NC1CCN(C)CC1. The van der Waals surface area contributed by atoms with E-state index in [1.54, 1.807) is 0 Å². The molecule has 2 unspecified atom stereocenters. The van der Waals surface area contributed by atoms with Crippen LogP contribution in [-0.4, -0.2) is 37.1 Å². The molecule has 0 aromatic heterocycles. The average Bonchev–Trinajstić information content (AvgIpc) is 2.30. The predicted octanol–water partition coefficient (Wildman–Crippen LogP) is 2.89. The van der Waals surface area contributed by atoms with Crippen molar-refractivity contribution in [3.63, 3.8) is 0 Å². The summed E-state index contributed by atoms with van der Waals surface area (Å²) in [6.45, 7) is 9.51. The summed E-state index contributed by atoms with van der Waals surface area (Å²) in [6, 6.07) is 1.51. The van der Waals surface area contributed by atoms with E-state index in [0.29, 0.717) is 0 Å². The Morgan fingerprint density at radius 1 is 1.19 bits per heavy atom. The van der Waals surface area contributed by atoms with E-state index in [4.69, 9.17) is 0 Å². The fraction of sp³-hybridized carbons (Fsp3) is 1.00. The first-order valence-corrected chi connectivity index (χ1v) is 7.10. The molecule has 2 atom stereocenters. The Bertz CT molecular complexity index is 174. The van der Waals surface area contributed by atoms with Gasteiger partial charge in [-0.25, -0.2) is 0 Å². The number of hydrogen-bond acceptors (Lipinski definition) is 2. The van der Waals surface area contributed by atoms with Crippen LogP contribution in [0.2, 0.25) is 0 Å². The van der Waals surface area contributed by atoms with Crippen molar-refractivity contribution in [3.8, 4) is 0 Å². The summed E-state index contributed by atoms with van der Waals surface area (Å²) in [6.07, 6.45) is 6.59. The van der Waals surface area contributed by atoms with E-state index in [1.807, 2.05) is 0 Å². The number of rotatable bonds is 6. The molecule has 0 aromatic carbocycles. The fourth-order valence-corrected chi connectivity index (χ4v) is 2.51. The molecule has 0 aliphatic carbocycles. The first kappa shape index (κ1) is 14.0. The highest BCUT2D eigenvalue weighted by molar-refractivity contribution is 4.79. The fourth-order valence-electron chi connectivity index (χ4n) is 2.51. The van der Waals surface area contributed by atoms with Gasteiger partial charge in [0.05, 0.1) is 0 Å². The van der Waals surface area contributed by atoms with Gasteiger partial charge >= 0.3 is 0 Å². The number of likely N-dealkylation sites (tertiary alicyclic amines) is 1. The van der Waals surface area contributed by atoms with Crippen molar-refractivity contribution in [1.82, 2.24) is 10.2 Å². The quantitative estimate of drug-likeness (QED) is 0.749. The van der Waals surface area contributed by atoms with Crippen molar-refractivity contribution in [2.75, 3.05) is 20.1 Å². The van der Waals surface area contributed by atoms with Gasteiger partial charge in [-0.05, 0) is 51.7 Å². The van der Waals surface area contributed by atoms with E-state index >= 15 is 0 Å². The van der Waals surface area contributed by atoms with E-state index in [9.17, 15) is 0 Å². The molecule has 1 aliphatic rings. The minimum Gasteiger partial charge on any atom is -0.311 e. The van der Waals surface area contributed by atoms with Gasteiger partial charge in [0, 0.05) is 12.1 Å². The Kier molecular flexibility index (Phi) is 6.37. The smallest absolute Gasteiger partial charge is 0.00939 e. The first-order chi connectivity index (χ1) is 7.65. The van der Waals surface area contributed by atoms with Crippen LogP contribution < -0.4 is 5.32 Å². The van der Waals surface area contributed by atoms with Crippen LogP contribution in [-0.2, 0) is 0 Å². The molecule has 96 valence electrons. The lowest BCUT2D eigenvalue weighted by Gasteiger charge is -2.33. The van der Waals surface area contributed by atoms with Crippen LogP contribution in [0.3, 0.4) is 0 Å². The van der Waals surface area contributed by atoms with E-state index in [2.05, 4.69) is 38.0 Å². The number of nitrogens with one attached hydrogen (secondary N) is 1. The van der Waals surface area contributed by atoms with Gasteiger partial charge in [0.2, 0.25) is 0 Å². The van der Waals surface area contributed by atoms with Crippen LogP contribution in [0, 0.1) is 5.92 Å². The average molecular weight is 226 g/mol. The standard InChI is InChI=1S/C14H30N2/c1-5-12(3)11-13(6-2)15-14-7-9-16(4)10-8-14/h12-15H,5-11H2,1-4H3. The molecule has 16 heavy (non-hydrogen) atoms. The lowest BCUT2D eigenvalue weighted by molar-refractivity contribution is 0.216. The van der Waals surface area contributed by atoms with Gasteiger partial charge in [-0.2, -0.15) is 0 Å². The first-order valence-electron chi connectivity index (χ1n) is 7.10. The van der Waals surface area contributed by atoms with Crippen molar-refractivity contribution >= 4 is 0 Å². The Morgan fingerprint density at radius 2 is 1.81 bits per heavy atom. The highest BCUT2D eigenvalue weighted by Gasteiger charge is 2.19. The van der Waals surface area contributed by atoms with E-state index in [1.165, 1.54) is 45.2 Å². The van der Waals surface area contributed by atoms with E-state index in [-0.39, 0.29) is 0 Å².